The molecule has 21 heavy (non-hydrogen) atoms. The van der Waals surface area contributed by atoms with Crippen LogP contribution in [0, 0.1) is 0 Å². The van der Waals surface area contributed by atoms with Gasteiger partial charge in [-0.2, -0.15) is 5.10 Å². The SMILES string of the molecule is COc1ccccc1CNc1ccc2c(cnn2PI)c1. The van der Waals surface area contributed by atoms with Crippen LogP contribution in [0.5, 0.6) is 5.75 Å². The van der Waals surface area contributed by atoms with E-state index in [-0.39, 0.29) is 0 Å². The number of nitrogens with zero attached hydrogens (tertiary/aromatic N) is 2. The number of anilines is 1. The molecule has 0 aliphatic heterocycles. The van der Waals surface area contributed by atoms with Gasteiger partial charge in [0.2, 0.25) is 0 Å². The average molecular weight is 411 g/mol. The maximum atomic E-state index is 5.37. The number of methoxy groups -OCH3 is 1. The molecule has 0 fully saturated rings. The van der Waals surface area contributed by atoms with Gasteiger partial charge in [-0.25, -0.2) is 4.45 Å². The first-order valence-corrected chi connectivity index (χ1v) is 10.6. The lowest BCUT2D eigenvalue weighted by atomic mass is 10.2. The number of hydrogen-bond donors (Lipinski definition) is 1. The molecule has 0 aliphatic rings. The fourth-order valence-electron chi connectivity index (χ4n) is 2.26. The summed E-state index contributed by atoms with van der Waals surface area (Å²) in [6.45, 7) is 0.734. The molecule has 0 saturated carbocycles. The maximum Gasteiger partial charge on any atom is 0.123 e. The van der Waals surface area contributed by atoms with Crippen LogP contribution in [0.15, 0.2) is 48.7 Å². The Kier molecular flexibility index (Phi) is 4.60. The quantitative estimate of drug-likeness (QED) is 0.498. The Morgan fingerprint density at radius 3 is 2.95 bits per heavy atom. The van der Waals surface area contributed by atoms with E-state index in [9.17, 15) is 0 Å². The Hall–Kier alpha value is -1.33. The number of halogens is 1. The van der Waals surface area contributed by atoms with Crippen molar-refractivity contribution in [2.24, 2.45) is 0 Å². The number of ether oxygens (including phenoxy) is 1. The zero-order valence-corrected chi connectivity index (χ0v) is 14.7. The van der Waals surface area contributed by atoms with Crippen LogP contribution >= 0.6 is 28.4 Å². The van der Waals surface area contributed by atoms with Crippen molar-refractivity contribution < 1.29 is 4.74 Å². The smallest absolute Gasteiger partial charge is 0.123 e. The summed E-state index contributed by atoms with van der Waals surface area (Å²) in [5.74, 6) is 0.907. The van der Waals surface area contributed by atoms with E-state index in [0.717, 1.165) is 28.9 Å². The molecule has 0 saturated heterocycles. The maximum absolute atomic E-state index is 5.37. The van der Waals surface area contributed by atoms with E-state index in [1.165, 1.54) is 5.52 Å². The summed E-state index contributed by atoms with van der Waals surface area (Å²) in [6.07, 6.45) is 2.53. The molecule has 3 aromatic rings. The fourth-order valence-corrected chi connectivity index (χ4v) is 3.81. The highest BCUT2D eigenvalue weighted by Crippen LogP contribution is 2.29. The highest BCUT2D eigenvalue weighted by atomic mass is 127. The van der Waals surface area contributed by atoms with Crippen molar-refractivity contribution in [1.29, 1.82) is 0 Å². The van der Waals surface area contributed by atoms with Gasteiger partial charge in [-0.05, 0) is 46.3 Å². The molecular weight excluding hydrogens is 396 g/mol. The second-order valence-corrected chi connectivity index (χ2v) is 6.62. The number of aromatic nitrogens is 2. The Morgan fingerprint density at radius 2 is 2.14 bits per heavy atom. The summed E-state index contributed by atoms with van der Waals surface area (Å²) in [6, 6.07) is 14.4. The minimum Gasteiger partial charge on any atom is -0.496 e. The van der Waals surface area contributed by atoms with E-state index in [2.05, 4.69) is 56.7 Å². The van der Waals surface area contributed by atoms with Crippen molar-refractivity contribution >= 4 is 45.0 Å². The Morgan fingerprint density at radius 1 is 1.29 bits per heavy atom. The van der Waals surface area contributed by atoms with Gasteiger partial charge in [0.25, 0.3) is 0 Å². The summed E-state index contributed by atoms with van der Waals surface area (Å²) in [5.41, 5.74) is 3.40. The largest absolute Gasteiger partial charge is 0.496 e. The number of para-hydroxylation sites is 1. The third kappa shape index (κ3) is 3.14. The molecule has 6 heteroatoms. The highest BCUT2D eigenvalue weighted by Gasteiger charge is 2.04. The lowest BCUT2D eigenvalue weighted by Crippen LogP contribution is -2.01. The normalized spacial score (nSPS) is 11.3. The molecule has 0 bridgehead atoms. The van der Waals surface area contributed by atoms with Gasteiger partial charge in [0, 0.05) is 23.2 Å². The van der Waals surface area contributed by atoms with Gasteiger partial charge >= 0.3 is 0 Å². The van der Waals surface area contributed by atoms with Gasteiger partial charge in [0.15, 0.2) is 0 Å². The average Bonchev–Trinajstić information content (AvgIpc) is 2.95. The van der Waals surface area contributed by atoms with Crippen LogP contribution in [0.25, 0.3) is 10.9 Å². The molecule has 3 rings (SSSR count). The molecule has 2 aromatic carbocycles. The van der Waals surface area contributed by atoms with Crippen LogP contribution < -0.4 is 10.1 Å². The molecule has 1 heterocycles. The van der Waals surface area contributed by atoms with Crippen molar-refractivity contribution in [1.82, 2.24) is 9.55 Å². The first kappa shape index (κ1) is 14.6. The number of rotatable bonds is 5. The van der Waals surface area contributed by atoms with Crippen molar-refractivity contribution in [2.75, 3.05) is 12.4 Å². The zero-order chi connectivity index (χ0) is 14.7. The van der Waals surface area contributed by atoms with Gasteiger partial charge in [-0.15, -0.1) is 0 Å². The predicted molar refractivity (Wildman–Crippen MR) is 97.8 cm³/mol. The van der Waals surface area contributed by atoms with E-state index in [1.54, 1.807) is 7.11 Å². The highest BCUT2D eigenvalue weighted by molar-refractivity contribution is 14.2. The van der Waals surface area contributed by atoms with E-state index < -0.39 is 0 Å². The second-order valence-electron chi connectivity index (χ2n) is 4.58. The van der Waals surface area contributed by atoms with Crippen molar-refractivity contribution in [3.05, 3.63) is 54.2 Å². The third-order valence-electron chi connectivity index (χ3n) is 3.32. The minimum absolute atomic E-state index is 0.620. The van der Waals surface area contributed by atoms with Gasteiger partial charge in [-0.1, -0.05) is 18.2 Å². The summed E-state index contributed by atoms with van der Waals surface area (Å²) in [4.78, 5) is 0. The molecule has 108 valence electrons. The van der Waals surface area contributed by atoms with Crippen molar-refractivity contribution in [3.8, 4) is 5.75 Å². The monoisotopic (exact) mass is 411 g/mol. The molecule has 1 aromatic heterocycles. The standard InChI is InChI=1S/C15H15IN3OP/c1-20-15-5-3-2-4-11(15)9-17-13-6-7-14-12(8-13)10-18-19(14)21-16/h2-8,10,17,21H,9H2,1H3. The van der Waals surface area contributed by atoms with E-state index >= 15 is 0 Å². The summed E-state index contributed by atoms with van der Waals surface area (Å²) < 4.78 is 7.38. The lowest BCUT2D eigenvalue weighted by molar-refractivity contribution is 0.410. The number of hydrogen-bond acceptors (Lipinski definition) is 3. The van der Waals surface area contributed by atoms with Crippen molar-refractivity contribution in [2.45, 2.75) is 6.54 Å². The van der Waals surface area contributed by atoms with Crippen LogP contribution in [0.2, 0.25) is 0 Å². The fraction of sp³-hybridized carbons (Fsp3) is 0.133. The van der Waals surface area contributed by atoms with E-state index in [1.807, 2.05) is 28.8 Å². The first-order valence-electron chi connectivity index (χ1n) is 6.52. The van der Waals surface area contributed by atoms with Crippen molar-refractivity contribution in [3.63, 3.8) is 0 Å². The molecule has 0 radical (unpaired) electrons. The van der Waals surface area contributed by atoms with E-state index in [4.69, 9.17) is 4.74 Å². The summed E-state index contributed by atoms with van der Waals surface area (Å²) in [7, 11) is 1.70. The molecule has 0 aliphatic carbocycles. The van der Waals surface area contributed by atoms with Gasteiger partial charge < -0.3 is 10.1 Å². The Balaban J connectivity index is 1.79. The predicted octanol–water partition coefficient (Wildman–Crippen LogP) is 4.45. The summed E-state index contributed by atoms with van der Waals surface area (Å²) in [5, 5.41) is 8.97. The topological polar surface area (TPSA) is 39.1 Å². The molecule has 0 spiro atoms. The number of nitrogens with one attached hydrogen (secondary N) is 1. The van der Waals surface area contributed by atoms with Gasteiger partial charge in [0.05, 0.1) is 25.2 Å². The molecule has 0 amide bonds. The number of fused-ring (bicyclic) bond motifs is 1. The van der Waals surface area contributed by atoms with Crippen LogP contribution in [0.3, 0.4) is 0 Å². The zero-order valence-electron chi connectivity index (χ0n) is 11.5. The molecular formula is C15H15IN3OP. The van der Waals surface area contributed by atoms with Crippen LogP contribution in [-0.4, -0.2) is 16.7 Å². The molecule has 1 atom stereocenters. The second kappa shape index (κ2) is 6.62. The minimum atomic E-state index is 0.620. The first-order chi connectivity index (χ1) is 10.3. The Labute approximate surface area is 138 Å². The number of benzene rings is 2. The van der Waals surface area contributed by atoms with Gasteiger partial charge in [0.1, 0.15) is 5.75 Å². The van der Waals surface area contributed by atoms with Crippen LogP contribution in [0.4, 0.5) is 5.69 Å². The van der Waals surface area contributed by atoms with Crippen LogP contribution in [0.1, 0.15) is 5.56 Å². The lowest BCUT2D eigenvalue weighted by Gasteiger charge is -2.10. The van der Waals surface area contributed by atoms with Crippen LogP contribution in [-0.2, 0) is 6.54 Å². The van der Waals surface area contributed by atoms with Gasteiger partial charge in [-0.3, -0.25) is 0 Å². The van der Waals surface area contributed by atoms with E-state index in [0.29, 0.717) is 6.37 Å². The summed E-state index contributed by atoms with van der Waals surface area (Å²) >= 11 is 2.34. The third-order valence-corrected chi connectivity index (χ3v) is 5.21. The molecule has 4 nitrogen and oxygen atoms in total. The molecule has 1 N–H and O–H groups in total. The molecule has 1 unspecified atom stereocenters. The Bertz CT molecular complexity index is 760.